The van der Waals surface area contributed by atoms with Crippen molar-refractivity contribution in [3.8, 4) is 30.1 Å². The van der Waals surface area contributed by atoms with Crippen molar-refractivity contribution in [2.75, 3.05) is 0 Å². The molecule has 0 saturated heterocycles. The van der Waals surface area contributed by atoms with Crippen LogP contribution in [0.1, 0.15) is 1.43 Å². The molecule has 0 atom stereocenters. The van der Waals surface area contributed by atoms with Gasteiger partial charge in [-0.15, -0.1) is 12.3 Å². The standard InChI is InChI=1S/C6H.Mg.H/c1-3-5-6-4-2;;/h1H;;/q-1;+2;-1. The molecule has 0 amide bonds. The van der Waals surface area contributed by atoms with Crippen LogP contribution in [0.25, 0.3) is 0 Å². The van der Waals surface area contributed by atoms with Crippen molar-refractivity contribution < 1.29 is 1.43 Å². The Morgan fingerprint density at radius 2 is 2.00 bits per heavy atom. The van der Waals surface area contributed by atoms with Gasteiger partial charge in [0.15, 0.2) is 0 Å². The molecule has 0 aromatic rings. The quantitative estimate of drug-likeness (QED) is 0.226. The molecule has 0 bridgehead atoms. The minimum atomic E-state index is 0. The molecule has 0 spiro atoms. The molecule has 0 aliphatic rings. The first-order valence-electron chi connectivity index (χ1n) is 1.29. The van der Waals surface area contributed by atoms with Gasteiger partial charge in [0.25, 0.3) is 0 Å². The van der Waals surface area contributed by atoms with Crippen molar-refractivity contribution >= 4 is 23.1 Å². The average Bonchev–Trinajstić information content (AvgIpc) is 1.61. The van der Waals surface area contributed by atoms with Gasteiger partial charge in [0.1, 0.15) is 0 Å². The van der Waals surface area contributed by atoms with Crippen molar-refractivity contribution in [2.24, 2.45) is 0 Å². The smallest absolute Gasteiger partial charge is 1.00 e. The van der Waals surface area contributed by atoms with Crippen molar-refractivity contribution in [1.82, 2.24) is 0 Å². The summed E-state index contributed by atoms with van der Waals surface area (Å²) in [5.41, 5.74) is 0. The van der Waals surface area contributed by atoms with Gasteiger partial charge in [0.2, 0.25) is 0 Å². The van der Waals surface area contributed by atoms with Crippen LogP contribution in [0.15, 0.2) is 0 Å². The Morgan fingerprint density at radius 3 is 2.14 bits per heavy atom. The summed E-state index contributed by atoms with van der Waals surface area (Å²) in [6, 6.07) is 0. The summed E-state index contributed by atoms with van der Waals surface area (Å²) in [5.74, 6) is 8.15. The van der Waals surface area contributed by atoms with E-state index in [9.17, 15) is 0 Å². The van der Waals surface area contributed by atoms with Gasteiger partial charge in [-0.05, 0) is 5.92 Å². The van der Waals surface area contributed by atoms with Crippen LogP contribution in [0, 0.1) is 36.5 Å². The van der Waals surface area contributed by atoms with E-state index in [-0.39, 0.29) is 24.5 Å². The van der Waals surface area contributed by atoms with E-state index in [1.165, 1.54) is 0 Å². The van der Waals surface area contributed by atoms with Crippen molar-refractivity contribution in [2.45, 2.75) is 0 Å². The first-order chi connectivity index (χ1) is 2.91. The maximum absolute atomic E-state index is 6.19. The second kappa shape index (κ2) is 9.07. The van der Waals surface area contributed by atoms with Crippen molar-refractivity contribution in [1.29, 1.82) is 0 Å². The van der Waals surface area contributed by atoms with E-state index in [2.05, 4.69) is 18.3 Å². The largest absolute Gasteiger partial charge is 2.00 e. The second-order valence-corrected chi connectivity index (χ2v) is 0.519. The molecule has 0 nitrogen and oxygen atoms in total. The van der Waals surface area contributed by atoms with E-state index >= 15 is 0 Å². The third-order valence-corrected chi connectivity index (χ3v) is 0.197. The summed E-state index contributed by atoms with van der Waals surface area (Å²) in [6.45, 7) is 0. The van der Waals surface area contributed by atoms with Crippen LogP contribution in [0.2, 0.25) is 0 Å². The molecule has 0 aliphatic carbocycles. The van der Waals surface area contributed by atoms with Gasteiger partial charge in [-0.1, -0.05) is 0 Å². The summed E-state index contributed by atoms with van der Waals surface area (Å²) in [4.78, 5) is 0. The topological polar surface area (TPSA) is 0 Å². The van der Waals surface area contributed by atoms with Crippen LogP contribution in [-0.4, -0.2) is 23.1 Å². The zero-order valence-corrected chi connectivity index (χ0v) is 5.20. The van der Waals surface area contributed by atoms with Gasteiger partial charge in [-0.2, -0.15) is 0 Å². The molecule has 0 unspecified atom stereocenters. The number of hydrogen-bond donors (Lipinski definition) is 0. The molecule has 0 heterocycles. The maximum atomic E-state index is 6.19. The molecule has 1 heteroatoms. The molecule has 0 aromatic heterocycles. The summed E-state index contributed by atoms with van der Waals surface area (Å²) in [7, 11) is 0. The molecule has 0 aromatic carbocycles. The summed E-state index contributed by atoms with van der Waals surface area (Å²) < 4.78 is 0. The molecule has 0 fully saturated rings. The Balaban J connectivity index is -0.000000125. The van der Waals surface area contributed by atoms with Crippen LogP contribution in [-0.2, 0) is 0 Å². The SMILES string of the molecule is [C-]#CC#CC#C.[H-].[Mg+2]. The van der Waals surface area contributed by atoms with E-state index in [4.69, 9.17) is 6.42 Å². The monoisotopic (exact) mass is 98.0 g/mol. The molecule has 7 heavy (non-hydrogen) atoms. The van der Waals surface area contributed by atoms with Gasteiger partial charge in [-0.3, -0.25) is 5.92 Å². The van der Waals surface area contributed by atoms with Crippen LogP contribution >= 0.6 is 0 Å². The summed E-state index contributed by atoms with van der Waals surface area (Å²) in [6.07, 6.45) is 10.9. The predicted octanol–water partition coefficient (Wildman–Crippen LogP) is -0.0555. The fourth-order valence-electron chi connectivity index (χ4n) is 0.0673. The number of hydrogen-bond acceptors (Lipinski definition) is 0. The summed E-state index contributed by atoms with van der Waals surface area (Å²) >= 11 is 0. The Morgan fingerprint density at radius 1 is 1.43 bits per heavy atom. The molecular formula is C6H2Mg. The van der Waals surface area contributed by atoms with Gasteiger partial charge >= 0.3 is 23.1 Å². The fraction of sp³-hybridized carbons (Fsp3) is 0. The fourth-order valence-corrected chi connectivity index (χ4v) is 0.0673. The normalized spacial score (nSPS) is 2.57. The molecular weight excluding hydrogens is 96.4 g/mol. The number of terminal acetylenes is 1. The maximum Gasteiger partial charge on any atom is 2.00 e. The van der Waals surface area contributed by atoms with E-state index in [1.54, 1.807) is 0 Å². The molecule has 0 rings (SSSR count). The zero-order chi connectivity index (χ0) is 4.83. The van der Waals surface area contributed by atoms with E-state index in [0.717, 1.165) is 0 Å². The first kappa shape index (κ1) is 9.67. The Bertz CT molecular complexity index is 142. The Labute approximate surface area is 61.3 Å². The predicted molar refractivity (Wildman–Crippen MR) is 30.6 cm³/mol. The summed E-state index contributed by atoms with van der Waals surface area (Å²) in [5, 5.41) is 0. The van der Waals surface area contributed by atoms with Gasteiger partial charge in [0.05, 0.1) is 0 Å². The minimum absolute atomic E-state index is 0. The van der Waals surface area contributed by atoms with Crippen molar-refractivity contribution in [3.63, 3.8) is 0 Å². The van der Waals surface area contributed by atoms with Crippen LogP contribution in [0.5, 0.6) is 0 Å². The third-order valence-electron chi connectivity index (χ3n) is 0.197. The first-order valence-corrected chi connectivity index (χ1v) is 1.29. The van der Waals surface area contributed by atoms with Gasteiger partial charge in [-0.25, -0.2) is 5.92 Å². The van der Waals surface area contributed by atoms with Gasteiger partial charge in [0, 0.05) is 0 Å². The third kappa shape index (κ3) is 10.8. The number of rotatable bonds is 0. The van der Waals surface area contributed by atoms with Crippen molar-refractivity contribution in [3.05, 3.63) is 6.42 Å². The van der Waals surface area contributed by atoms with E-state index < -0.39 is 0 Å². The van der Waals surface area contributed by atoms with E-state index in [0.29, 0.717) is 0 Å². The average molecular weight is 98.4 g/mol. The minimum Gasteiger partial charge on any atom is -1.00 e. The van der Waals surface area contributed by atoms with Crippen LogP contribution < -0.4 is 0 Å². The zero-order valence-electron chi connectivity index (χ0n) is 4.78. The molecule has 0 N–H and O–H groups in total. The van der Waals surface area contributed by atoms with Crippen LogP contribution in [0.3, 0.4) is 0 Å². The van der Waals surface area contributed by atoms with E-state index in [1.807, 2.05) is 11.8 Å². The second-order valence-electron chi connectivity index (χ2n) is 0.519. The molecule has 0 radical (unpaired) electrons. The van der Waals surface area contributed by atoms with Gasteiger partial charge < -0.3 is 7.85 Å². The molecule has 0 saturated carbocycles. The molecule has 28 valence electrons. The Hall–Kier alpha value is -0.554. The van der Waals surface area contributed by atoms with Crippen LogP contribution in [0.4, 0.5) is 0 Å². The Kier molecular flexibility index (Phi) is 12.5. The molecule has 0 aliphatic heterocycles.